The standard InChI is InChI=1S/C26H20ClF3N6O2S/c1-15-24(37)36(22-20(27)3-2-4-21(22)28)26(39-15)35-34-13-16-5-7-17(8-6-16)23(31)33-14-32-18-9-11-19(12-10-18)38-25(29)30/h2-15,25H,1H3,(H2,31,32,33)/b34-13+,35-26-. The number of halogens is 4. The Balaban J connectivity index is 1.42. The van der Waals surface area contributed by atoms with Gasteiger partial charge in [0, 0.05) is 5.56 Å². The number of ether oxygens (including phenoxy) is 1. The van der Waals surface area contributed by atoms with Crippen LogP contribution in [0.5, 0.6) is 5.75 Å². The number of aliphatic imine (C=N–C) groups is 2. The van der Waals surface area contributed by atoms with E-state index in [1.807, 2.05) is 0 Å². The Morgan fingerprint density at radius 2 is 1.85 bits per heavy atom. The average Bonchev–Trinajstić information content (AvgIpc) is 3.18. The number of thioether (sulfide) groups is 1. The maximum Gasteiger partial charge on any atom is 0.387 e. The summed E-state index contributed by atoms with van der Waals surface area (Å²) >= 11 is 7.30. The Morgan fingerprint density at radius 1 is 1.13 bits per heavy atom. The number of amides is 1. The van der Waals surface area contributed by atoms with Crippen molar-refractivity contribution in [3.05, 3.63) is 88.7 Å². The van der Waals surface area contributed by atoms with Gasteiger partial charge in [-0.05, 0) is 48.9 Å². The van der Waals surface area contributed by atoms with E-state index in [9.17, 15) is 18.0 Å². The average molecular weight is 573 g/mol. The van der Waals surface area contributed by atoms with Crippen LogP contribution in [0.15, 0.2) is 86.9 Å². The Bertz CT molecular complexity index is 1440. The highest BCUT2D eigenvalue weighted by Crippen LogP contribution is 2.37. The lowest BCUT2D eigenvalue weighted by atomic mass is 10.1. The first-order valence-corrected chi connectivity index (χ1v) is 12.6. The van der Waals surface area contributed by atoms with Crippen LogP contribution < -0.4 is 15.4 Å². The summed E-state index contributed by atoms with van der Waals surface area (Å²) in [7, 11) is 0. The molecular formula is C26H20ClF3N6O2S. The molecule has 1 heterocycles. The fourth-order valence-corrected chi connectivity index (χ4v) is 4.50. The number of nitrogens with zero attached hydrogens (tertiary/aromatic N) is 5. The Morgan fingerprint density at radius 3 is 2.51 bits per heavy atom. The monoisotopic (exact) mass is 572 g/mol. The van der Waals surface area contributed by atoms with Gasteiger partial charge < -0.3 is 10.5 Å². The van der Waals surface area contributed by atoms with E-state index in [1.54, 1.807) is 31.2 Å². The van der Waals surface area contributed by atoms with Crippen molar-refractivity contribution in [3.63, 3.8) is 0 Å². The number of rotatable bonds is 8. The zero-order valence-electron chi connectivity index (χ0n) is 20.2. The normalized spacial score (nSPS) is 17.3. The van der Waals surface area contributed by atoms with E-state index >= 15 is 0 Å². The van der Waals surface area contributed by atoms with Crippen LogP contribution in [-0.4, -0.2) is 41.3 Å². The summed E-state index contributed by atoms with van der Waals surface area (Å²) in [6.45, 7) is -1.20. The van der Waals surface area contributed by atoms with Crippen molar-refractivity contribution >= 4 is 64.2 Å². The molecule has 0 saturated carbocycles. The van der Waals surface area contributed by atoms with Crippen molar-refractivity contribution in [3.8, 4) is 5.75 Å². The maximum absolute atomic E-state index is 14.4. The summed E-state index contributed by atoms with van der Waals surface area (Å²) < 4.78 is 43.2. The number of benzene rings is 3. The molecule has 4 rings (SSSR count). The quantitative estimate of drug-likeness (QED) is 0.203. The van der Waals surface area contributed by atoms with Crippen LogP contribution in [0.1, 0.15) is 18.1 Å². The molecule has 3 aromatic carbocycles. The van der Waals surface area contributed by atoms with Crippen LogP contribution in [0.2, 0.25) is 5.02 Å². The highest BCUT2D eigenvalue weighted by atomic mass is 35.5. The van der Waals surface area contributed by atoms with Gasteiger partial charge in [0.05, 0.1) is 22.2 Å². The van der Waals surface area contributed by atoms with Crippen molar-refractivity contribution in [2.75, 3.05) is 4.90 Å². The third-order valence-corrected chi connectivity index (χ3v) is 6.56. The Labute approximate surface area is 230 Å². The van der Waals surface area contributed by atoms with Crippen molar-refractivity contribution in [1.29, 1.82) is 0 Å². The second-order valence-corrected chi connectivity index (χ2v) is 9.60. The zero-order valence-corrected chi connectivity index (χ0v) is 21.8. The van der Waals surface area contributed by atoms with Gasteiger partial charge in [-0.1, -0.05) is 53.7 Å². The van der Waals surface area contributed by atoms with E-state index in [0.29, 0.717) is 16.8 Å². The molecule has 1 saturated heterocycles. The molecule has 2 N–H and O–H groups in total. The second kappa shape index (κ2) is 12.6. The first-order chi connectivity index (χ1) is 18.7. The van der Waals surface area contributed by atoms with E-state index < -0.39 is 17.7 Å². The minimum Gasteiger partial charge on any atom is -0.435 e. The summed E-state index contributed by atoms with van der Waals surface area (Å²) in [6, 6.07) is 16.8. The van der Waals surface area contributed by atoms with Crippen LogP contribution in [0, 0.1) is 5.82 Å². The molecule has 1 unspecified atom stereocenters. The van der Waals surface area contributed by atoms with Gasteiger partial charge in [-0.2, -0.15) is 13.9 Å². The smallest absolute Gasteiger partial charge is 0.387 e. The van der Waals surface area contributed by atoms with Crippen LogP contribution in [0.3, 0.4) is 0 Å². The molecule has 0 aromatic heterocycles. The molecule has 1 aliphatic rings. The lowest BCUT2D eigenvalue weighted by Crippen LogP contribution is -2.32. The SMILES string of the molecule is CC1S/C(=N\N=C\c2ccc(C(N)=NC=Nc3ccc(OC(F)F)cc3)cc2)N(c2c(F)cccc2Cl)C1=O. The minimum atomic E-state index is -2.90. The molecule has 3 aromatic rings. The molecular weight excluding hydrogens is 553 g/mol. The number of amidine groups is 2. The number of hydrogen-bond donors (Lipinski definition) is 1. The molecule has 39 heavy (non-hydrogen) atoms. The molecule has 1 amide bonds. The van der Waals surface area contributed by atoms with Gasteiger partial charge >= 0.3 is 6.61 Å². The lowest BCUT2D eigenvalue weighted by molar-refractivity contribution is -0.116. The zero-order chi connectivity index (χ0) is 27.9. The molecule has 1 aliphatic heterocycles. The topological polar surface area (TPSA) is 105 Å². The minimum absolute atomic E-state index is 0.0267. The number of hydrogen-bond acceptors (Lipinski definition) is 6. The molecule has 0 spiro atoms. The third-order valence-electron chi connectivity index (χ3n) is 5.22. The maximum atomic E-state index is 14.4. The van der Waals surface area contributed by atoms with Crippen molar-refractivity contribution < 1.29 is 22.7 Å². The van der Waals surface area contributed by atoms with Crippen molar-refractivity contribution in [2.45, 2.75) is 18.8 Å². The number of carbonyl (C=O) groups excluding carboxylic acids is 1. The molecule has 13 heteroatoms. The molecule has 8 nitrogen and oxygen atoms in total. The van der Waals surface area contributed by atoms with Crippen molar-refractivity contribution in [1.82, 2.24) is 0 Å². The molecule has 0 bridgehead atoms. The summed E-state index contributed by atoms with van der Waals surface area (Å²) in [4.78, 5) is 22.0. The lowest BCUT2D eigenvalue weighted by Gasteiger charge is -2.17. The first kappa shape index (κ1) is 27.9. The van der Waals surface area contributed by atoms with Crippen LogP contribution in [-0.2, 0) is 4.79 Å². The van der Waals surface area contributed by atoms with Crippen LogP contribution in [0.25, 0.3) is 0 Å². The summed E-state index contributed by atoms with van der Waals surface area (Å²) in [5.41, 5.74) is 7.74. The largest absolute Gasteiger partial charge is 0.435 e. The van der Waals surface area contributed by atoms with Gasteiger partial charge in [0.25, 0.3) is 0 Å². The Hall–Kier alpha value is -4.16. The van der Waals surface area contributed by atoms with Gasteiger partial charge in [-0.15, -0.1) is 5.10 Å². The van der Waals surface area contributed by atoms with E-state index in [-0.39, 0.29) is 33.4 Å². The van der Waals surface area contributed by atoms with Gasteiger partial charge in [0.15, 0.2) is 5.17 Å². The number of carbonyl (C=O) groups is 1. The summed E-state index contributed by atoms with van der Waals surface area (Å²) in [5, 5.41) is 8.00. The van der Waals surface area contributed by atoms with Gasteiger partial charge in [-0.3, -0.25) is 9.69 Å². The van der Waals surface area contributed by atoms with E-state index in [0.717, 1.165) is 16.7 Å². The predicted molar refractivity (Wildman–Crippen MR) is 149 cm³/mol. The fourth-order valence-electron chi connectivity index (χ4n) is 3.34. The molecule has 1 fully saturated rings. The van der Waals surface area contributed by atoms with E-state index in [4.69, 9.17) is 17.3 Å². The van der Waals surface area contributed by atoms with Gasteiger partial charge in [0.2, 0.25) is 5.91 Å². The van der Waals surface area contributed by atoms with E-state index in [1.165, 1.54) is 55.0 Å². The highest BCUT2D eigenvalue weighted by molar-refractivity contribution is 8.16. The predicted octanol–water partition coefficient (Wildman–Crippen LogP) is 6.00. The Kier molecular flexibility index (Phi) is 8.99. The van der Waals surface area contributed by atoms with E-state index in [2.05, 4.69) is 24.9 Å². The number of nitrogens with two attached hydrogens (primary N) is 1. The summed E-state index contributed by atoms with van der Waals surface area (Å²) in [5.74, 6) is -0.757. The molecule has 1 atom stereocenters. The first-order valence-electron chi connectivity index (χ1n) is 11.3. The highest BCUT2D eigenvalue weighted by Gasteiger charge is 2.38. The number of para-hydroxylation sites is 1. The number of alkyl halides is 2. The number of anilines is 1. The van der Waals surface area contributed by atoms with Gasteiger partial charge in [-0.25, -0.2) is 14.4 Å². The van der Waals surface area contributed by atoms with Gasteiger partial charge in [0.1, 0.15) is 29.4 Å². The second-order valence-electron chi connectivity index (χ2n) is 7.88. The molecule has 200 valence electrons. The molecule has 0 radical (unpaired) electrons. The summed E-state index contributed by atoms with van der Waals surface area (Å²) in [6.07, 6.45) is 2.72. The fraction of sp³-hybridized carbons (Fsp3) is 0.115. The molecule has 0 aliphatic carbocycles. The van der Waals surface area contributed by atoms with Crippen LogP contribution >= 0.6 is 23.4 Å². The van der Waals surface area contributed by atoms with Crippen LogP contribution in [0.4, 0.5) is 24.5 Å². The third kappa shape index (κ3) is 7.03. The van der Waals surface area contributed by atoms with Crippen molar-refractivity contribution in [2.24, 2.45) is 25.9 Å².